The van der Waals surface area contributed by atoms with Crippen molar-refractivity contribution in [1.82, 2.24) is 10.2 Å². The maximum absolute atomic E-state index is 14.0. The number of hydrogen-bond donors (Lipinski definition) is 2. The number of halogens is 1. The van der Waals surface area contributed by atoms with Crippen molar-refractivity contribution in [2.45, 2.75) is 19.9 Å². The van der Waals surface area contributed by atoms with Crippen LogP contribution in [0.2, 0.25) is 0 Å². The highest BCUT2D eigenvalue weighted by Gasteiger charge is 2.12. The Kier molecular flexibility index (Phi) is 7.84. The number of carbonyl (C=O) groups is 1. The monoisotopic (exact) mass is 311 g/mol. The third kappa shape index (κ3) is 6.41. The molecule has 1 aromatic carbocycles. The maximum atomic E-state index is 14.0. The van der Waals surface area contributed by atoms with E-state index in [0.717, 1.165) is 18.7 Å². The minimum atomic E-state index is -0.875. The molecule has 0 unspecified atom stereocenters. The molecule has 5 nitrogen and oxygen atoms in total. The van der Waals surface area contributed by atoms with Crippen LogP contribution in [0.1, 0.15) is 18.9 Å². The molecule has 0 aliphatic heterocycles. The molecule has 0 radical (unpaired) electrons. The minimum Gasteiger partial charge on any atom is -0.481 e. The second-order valence-electron chi connectivity index (χ2n) is 5.49. The van der Waals surface area contributed by atoms with Gasteiger partial charge in [0.1, 0.15) is 5.82 Å². The summed E-state index contributed by atoms with van der Waals surface area (Å²) in [5.41, 5.74) is 1.46. The van der Waals surface area contributed by atoms with Crippen molar-refractivity contribution < 1.29 is 14.3 Å². The molecule has 6 heteroatoms. The van der Waals surface area contributed by atoms with Crippen molar-refractivity contribution in [1.29, 1.82) is 0 Å². The fourth-order valence-electron chi connectivity index (χ4n) is 2.13. The number of aliphatic carboxylic acids is 1. The fourth-order valence-corrected chi connectivity index (χ4v) is 2.13. The van der Waals surface area contributed by atoms with Gasteiger partial charge in [-0.05, 0) is 38.7 Å². The summed E-state index contributed by atoms with van der Waals surface area (Å²) in [7, 11) is 4.03. The number of benzene rings is 1. The number of anilines is 1. The largest absolute Gasteiger partial charge is 0.481 e. The Morgan fingerprint density at radius 3 is 2.64 bits per heavy atom. The quantitative estimate of drug-likeness (QED) is 0.645. The van der Waals surface area contributed by atoms with E-state index >= 15 is 0 Å². The molecule has 0 atom stereocenters. The summed E-state index contributed by atoms with van der Waals surface area (Å²) < 4.78 is 14.0. The molecular weight excluding hydrogens is 285 g/mol. The van der Waals surface area contributed by atoms with Gasteiger partial charge in [-0.2, -0.15) is 0 Å². The molecule has 0 heterocycles. The van der Waals surface area contributed by atoms with Gasteiger partial charge in [-0.3, -0.25) is 4.79 Å². The zero-order valence-electron chi connectivity index (χ0n) is 13.6. The summed E-state index contributed by atoms with van der Waals surface area (Å²) in [5.74, 6) is -1.19. The van der Waals surface area contributed by atoms with Gasteiger partial charge >= 0.3 is 5.97 Å². The zero-order valence-corrected chi connectivity index (χ0v) is 13.6. The van der Waals surface area contributed by atoms with Gasteiger partial charge in [-0.1, -0.05) is 6.07 Å². The maximum Gasteiger partial charge on any atom is 0.305 e. The lowest BCUT2D eigenvalue weighted by Gasteiger charge is -2.23. The average Bonchev–Trinajstić information content (AvgIpc) is 2.46. The number of carboxylic acids is 1. The predicted octanol–water partition coefficient (Wildman–Crippen LogP) is 1.78. The van der Waals surface area contributed by atoms with Crippen LogP contribution in [0.25, 0.3) is 0 Å². The molecule has 1 rings (SSSR count). The van der Waals surface area contributed by atoms with E-state index in [-0.39, 0.29) is 12.2 Å². The molecule has 22 heavy (non-hydrogen) atoms. The molecule has 0 bridgehead atoms. The van der Waals surface area contributed by atoms with Crippen molar-refractivity contribution in [3.63, 3.8) is 0 Å². The van der Waals surface area contributed by atoms with E-state index < -0.39 is 5.97 Å². The van der Waals surface area contributed by atoms with E-state index in [9.17, 15) is 9.18 Å². The van der Waals surface area contributed by atoms with Crippen molar-refractivity contribution in [2.75, 3.05) is 45.2 Å². The third-order valence-electron chi connectivity index (χ3n) is 3.39. The molecule has 1 aromatic rings. The smallest absolute Gasteiger partial charge is 0.305 e. The van der Waals surface area contributed by atoms with Crippen LogP contribution in [0.4, 0.5) is 10.1 Å². The molecule has 0 fully saturated rings. The van der Waals surface area contributed by atoms with Crippen LogP contribution in [0.3, 0.4) is 0 Å². The first-order chi connectivity index (χ1) is 10.4. The van der Waals surface area contributed by atoms with E-state index in [1.165, 1.54) is 6.07 Å². The lowest BCUT2D eigenvalue weighted by molar-refractivity contribution is -0.136. The number of nitrogens with zero attached hydrogens (tertiary/aromatic N) is 2. The molecule has 0 aromatic heterocycles. The van der Waals surface area contributed by atoms with Crippen molar-refractivity contribution >= 4 is 11.7 Å². The molecule has 0 aliphatic rings. The molecular formula is C16H26FN3O2. The Morgan fingerprint density at radius 2 is 2.05 bits per heavy atom. The van der Waals surface area contributed by atoms with Crippen LogP contribution >= 0.6 is 0 Å². The van der Waals surface area contributed by atoms with Crippen molar-refractivity contribution in [2.24, 2.45) is 0 Å². The SMILES string of the molecule is CCN(CCC(=O)O)c1cc(CNCCN(C)C)ccc1F. The Bertz CT molecular complexity index is 480. The van der Waals surface area contributed by atoms with Crippen LogP contribution in [0.15, 0.2) is 18.2 Å². The highest BCUT2D eigenvalue weighted by atomic mass is 19.1. The number of hydrogen-bond acceptors (Lipinski definition) is 4. The first-order valence-corrected chi connectivity index (χ1v) is 7.54. The lowest BCUT2D eigenvalue weighted by Crippen LogP contribution is -2.28. The summed E-state index contributed by atoms with van der Waals surface area (Å²) >= 11 is 0. The molecule has 124 valence electrons. The first-order valence-electron chi connectivity index (χ1n) is 7.54. The minimum absolute atomic E-state index is 0.00140. The molecule has 2 N–H and O–H groups in total. The zero-order chi connectivity index (χ0) is 16.5. The van der Waals surface area contributed by atoms with E-state index in [1.54, 1.807) is 17.0 Å². The lowest BCUT2D eigenvalue weighted by atomic mass is 10.1. The summed E-state index contributed by atoms with van der Waals surface area (Å²) in [6, 6.07) is 5.00. The number of nitrogens with one attached hydrogen (secondary N) is 1. The van der Waals surface area contributed by atoms with Crippen LogP contribution < -0.4 is 10.2 Å². The van der Waals surface area contributed by atoms with Gasteiger partial charge in [0, 0.05) is 32.7 Å². The molecule has 0 saturated heterocycles. The number of rotatable bonds is 10. The van der Waals surface area contributed by atoms with E-state index in [0.29, 0.717) is 25.3 Å². The van der Waals surface area contributed by atoms with Crippen LogP contribution in [0, 0.1) is 5.82 Å². The topological polar surface area (TPSA) is 55.8 Å². The van der Waals surface area contributed by atoms with Gasteiger partial charge in [-0.15, -0.1) is 0 Å². The summed E-state index contributed by atoms with van der Waals surface area (Å²) in [6.45, 7) is 5.23. The summed E-state index contributed by atoms with van der Waals surface area (Å²) in [6.07, 6.45) is -0.00140. The summed E-state index contributed by atoms with van der Waals surface area (Å²) in [4.78, 5) is 14.5. The van der Waals surface area contributed by atoms with Gasteiger partial charge < -0.3 is 20.2 Å². The van der Waals surface area contributed by atoms with Gasteiger partial charge in [-0.25, -0.2) is 4.39 Å². The van der Waals surface area contributed by atoms with E-state index in [2.05, 4.69) is 10.2 Å². The number of likely N-dealkylation sites (N-methyl/N-ethyl adjacent to an activating group) is 1. The normalized spacial score (nSPS) is 11.0. The highest BCUT2D eigenvalue weighted by molar-refractivity contribution is 5.67. The van der Waals surface area contributed by atoms with Gasteiger partial charge in [0.15, 0.2) is 0 Å². The van der Waals surface area contributed by atoms with Crippen LogP contribution in [0.5, 0.6) is 0 Å². The van der Waals surface area contributed by atoms with Crippen LogP contribution in [-0.2, 0) is 11.3 Å². The highest BCUT2D eigenvalue weighted by Crippen LogP contribution is 2.21. The third-order valence-corrected chi connectivity index (χ3v) is 3.39. The van der Waals surface area contributed by atoms with Gasteiger partial charge in [0.2, 0.25) is 0 Å². The molecule has 0 spiro atoms. The molecule has 0 amide bonds. The Balaban J connectivity index is 2.68. The van der Waals surface area contributed by atoms with E-state index in [4.69, 9.17) is 5.11 Å². The molecule has 0 aliphatic carbocycles. The Morgan fingerprint density at radius 1 is 1.32 bits per heavy atom. The predicted molar refractivity (Wildman–Crippen MR) is 86.8 cm³/mol. The van der Waals surface area contributed by atoms with Crippen molar-refractivity contribution in [3.8, 4) is 0 Å². The Hall–Kier alpha value is -1.66. The standard InChI is InChI=1S/C16H26FN3O2/c1-4-20(9-7-16(21)22)15-11-13(5-6-14(15)17)12-18-8-10-19(2)3/h5-6,11,18H,4,7-10,12H2,1-3H3,(H,21,22). The fraction of sp³-hybridized carbons (Fsp3) is 0.562. The van der Waals surface area contributed by atoms with E-state index in [1.807, 2.05) is 21.0 Å². The summed E-state index contributed by atoms with van der Waals surface area (Å²) in [5, 5.41) is 12.1. The second kappa shape index (κ2) is 9.38. The van der Waals surface area contributed by atoms with Crippen LogP contribution in [-0.4, -0.2) is 56.3 Å². The molecule has 0 saturated carbocycles. The van der Waals surface area contributed by atoms with Crippen molar-refractivity contribution in [3.05, 3.63) is 29.6 Å². The van der Waals surface area contributed by atoms with Gasteiger partial charge in [0.05, 0.1) is 12.1 Å². The Labute approximate surface area is 131 Å². The number of carboxylic acid groups (broad SMARTS) is 1. The first kappa shape index (κ1) is 18.4. The second-order valence-corrected chi connectivity index (χ2v) is 5.49. The van der Waals surface area contributed by atoms with Gasteiger partial charge in [0.25, 0.3) is 0 Å². The average molecular weight is 311 g/mol.